The van der Waals surface area contributed by atoms with Crippen LogP contribution in [0, 0.1) is 5.82 Å². The summed E-state index contributed by atoms with van der Waals surface area (Å²) in [5, 5.41) is 8.37. The monoisotopic (exact) mass is 386 g/mol. The van der Waals surface area contributed by atoms with E-state index in [1.54, 1.807) is 16.8 Å². The fraction of sp³-hybridized carbons (Fsp3) is 0.263. The van der Waals surface area contributed by atoms with Gasteiger partial charge in [-0.05, 0) is 12.5 Å². The molecule has 4 rings (SSSR count). The first-order valence-corrected chi connectivity index (χ1v) is 10.3. The number of aromatic nitrogens is 3. The van der Waals surface area contributed by atoms with E-state index >= 15 is 0 Å². The van der Waals surface area contributed by atoms with Gasteiger partial charge in [-0.2, -0.15) is 4.31 Å². The second-order valence-electron chi connectivity index (χ2n) is 6.60. The predicted octanol–water partition coefficient (Wildman–Crippen LogP) is 2.86. The Kier molecular flexibility index (Phi) is 4.75. The Hall–Kier alpha value is -2.58. The molecular weight excluding hydrogens is 367 g/mol. The molecule has 0 saturated carbocycles. The van der Waals surface area contributed by atoms with E-state index in [0.29, 0.717) is 19.5 Å². The van der Waals surface area contributed by atoms with Gasteiger partial charge in [0.2, 0.25) is 10.0 Å². The van der Waals surface area contributed by atoms with Crippen molar-refractivity contribution in [2.24, 2.45) is 0 Å². The molecule has 1 fully saturated rings. The highest BCUT2D eigenvalue weighted by Crippen LogP contribution is 2.26. The number of rotatable bonds is 5. The van der Waals surface area contributed by atoms with Crippen molar-refractivity contribution in [2.75, 3.05) is 13.1 Å². The van der Waals surface area contributed by atoms with Gasteiger partial charge in [0.15, 0.2) is 0 Å². The third-order valence-corrected chi connectivity index (χ3v) is 6.56. The van der Waals surface area contributed by atoms with Gasteiger partial charge in [-0.1, -0.05) is 53.7 Å². The van der Waals surface area contributed by atoms with Gasteiger partial charge >= 0.3 is 0 Å². The van der Waals surface area contributed by atoms with Gasteiger partial charge in [-0.25, -0.2) is 17.5 Å². The molecule has 1 saturated heterocycles. The van der Waals surface area contributed by atoms with Gasteiger partial charge in [-0.15, -0.1) is 5.10 Å². The molecule has 6 nitrogen and oxygen atoms in total. The molecule has 27 heavy (non-hydrogen) atoms. The lowest BCUT2D eigenvalue weighted by Crippen LogP contribution is -2.30. The number of hydrogen-bond donors (Lipinski definition) is 0. The maximum Gasteiger partial charge on any atom is 0.218 e. The molecule has 1 aromatic heterocycles. The molecule has 0 radical (unpaired) electrons. The van der Waals surface area contributed by atoms with Crippen molar-refractivity contribution in [3.63, 3.8) is 0 Å². The van der Waals surface area contributed by atoms with Crippen LogP contribution in [-0.2, 0) is 15.8 Å². The first kappa shape index (κ1) is 17.8. The first-order chi connectivity index (χ1) is 13.0. The summed E-state index contributed by atoms with van der Waals surface area (Å²) in [5.74, 6) is -0.834. The van der Waals surface area contributed by atoms with Crippen LogP contribution in [0.15, 0.2) is 60.8 Å². The number of halogens is 1. The van der Waals surface area contributed by atoms with Gasteiger partial charge in [0.1, 0.15) is 11.5 Å². The number of benzene rings is 2. The van der Waals surface area contributed by atoms with Crippen molar-refractivity contribution in [2.45, 2.75) is 18.2 Å². The number of hydrogen-bond acceptors (Lipinski definition) is 4. The van der Waals surface area contributed by atoms with Gasteiger partial charge in [-0.3, -0.25) is 0 Å². The minimum atomic E-state index is -3.59. The Bertz CT molecular complexity index is 1040. The van der Waals surface area contributed by atoms with Crippen molar-refractivity contribution in [1.29, 1.82) is 0 Å². The van der Waals surface area contributed by atoms with E-state index in [9.17, 15) is 12.8 Å². The molecule has 8 heteroatoms. The van der Waals surface area contributed by atoms with Crippen LogP contribution >= 0.6 is 0 Å². The summed E-state index contributed by atoms with van der Waals surface area (Å²) < 4.78 is 42.3. The third kappa shape index (κ3) is 3.77. The lowest BCUT2D eigenvalue weighted by atomic mass is 10.2. The summed E-state index contributed by atoms with van der Waals surface area (Å²) in [6.07, 6.45) is 2.49. The maximum atomic E-state index is 13.8. The van der Waals surface area contributed by atoms with Crippen LogP contribution in [0.3, 0.4) is 0 Å². The summed E-state index contributed by atoms with van der Waals surface area (Å²) in [4.78, 5) is 0. The largest absolute Gasteiger partial charge is 0.247 e. The summed E-state index contributed by atoms with van der Waals surface area (Å²) >= 11 is 0. The third-order valence-electron chi connectivity index (χ3n) is 4.77. The molecule has 1 aliphatic heterocycles. The van der Waals surface area contributed by atoms with Crippen molar-refractivity contribution < 1.29 is 12.8 Å². The smallest absolute Gasteiger partial charge is 0.218 e. The molecule has 0 unspecified atom stereocenters. The number of nitrogens with zero attached hydrogens (tertiary/aromatic N) is 4. The van der Waals surface area contributed by atoms with Crippen molar-refractivity contribution in [3.8, 4) is 11.3 Å². The lowest BCUT2D eigenvalue weighted by Gasteiger charge is -2.16. The highest BCUT2D eigenvalue weighted by Gasteiger charge is 2.33. The Balaban J connectivity index is 1.47. The molecule has 2 heterocycles. The molecule has 0 N–H and O–H groups in total. The van der Waals surface area contributed by atoms with Gasteiger partial charge in [0, 0.05) is 24.2 Å². The van der Waals surface area contributed by atoms with Crippen LogP contribution in [0.25, 0.3) is 11.3 Å². The molecule has 0 bridgehead atoms. The molecule has 1 atom stereocenters. The fourth-order valence-electron chi connectivity index (χ4n) is 3.28. The highest BCUT2D eigenvalue weighted by molar-refractivity contribution is 7.88. The van der Waals surface area contributed by atoms with Crippen LogP contribution in [-0.4, -0.2) is 40.8 Å². The summed E-state index contributed by atoms with van der Waals surface area (Å²) in [6, 6.07) is 15.6. The predicted molar refractivity (Wildman–Crippen MR) is 99.7 cm³/mol. The Morgan fingerprint density at radius 3 is 2.59 bits per heavy atom. The molecule has 0 aliphatic carbocycles. The SMILES string of the molecule is O=S(=O)(Cc1ccccc1F)N1CC[C@H](n2cc(-c3ccccc3)nn2)C1. The van der Waals surface area contributed by atoms with Gasteiger partial charge < -0.3 is 0 Å². The molecule has 2 aromatic carbocycles. The maximum absolute atomic E-state index is 13.8. The molecular formula is C19H19FN4O2S. The van der Waals surface area contributed by atoms with E-state index in [4.69, 9.17) is 0 Å². The average Bonchev–Trinajstić information content (AvgIpc) is 3.34. The van der Waals surface area contributed by atoms with E-state index in [1.165, 1.54) is 16.4 Å². The molecule has 1 aliphatic rings. The van der Waals surface area contributed by atoms with Crippen LogP contribution < -0.4 is 0 Å². The van der Waals surface area contributed by atoms with Crippen LogP contribution in [0.5, 0.6) is 0 Å². The van der Waals surface area contributed by atoms with Crippen molar-refractivity contribution >= 4 is 10.0 Å². The Labute approximate surface area is 157 Å². The van der Waals surface area contributed by atoms with Crippen molar-refractivity contribution in [1.82, 2.24) is 19.3 Å². The Morgan fingerprint density at radius 1 is 1.07 bits per heavy atom. The van der Waals surface area contributed by atoms with E-state index in [0.717, 1.165) is 11.3 Å². The van der Waals surface area contributed by atoms with Gasteiger partial charge in [0.05, 0.1) is 18.0 Å². The lowest BCUT2D eigenvalue weighted by molar-refractivity contribution is 0.427. The molecule has 3 aromatic rings. The van der Waals surface area contributed by atoms with Crippen LogP contribution in [0.1, 0.15) is 18.0 Å². The highest BCUT2D eigenvalue weighted by atomic mass is 32.2. The zero-order chi connectivity index (χ0) is 18.9. The van der Waals surface area contributed by atoms with E-state index in [1.807, 2.05) is 36.5 Å². The van der Waals surface area contributed by atoms with Crippen LogP contribution in [0.4, 0.5) is 4.39 Å². The van der Waals surface area contributed by atoms with Gasteiger partial charge in [0.25, 0.3) is 0 Å². The minimum Gasteiger partial charge on any atom is -0.247 e. The molecule has 0 spiro atoms. The van der Waals surface area contributed by atoms with Crippen LogP contribution in [0.2, 0.25) is 0 Å². The summed E-state index contributed by atoms with van der Waals surface area (Å²) in [7, 11) is -3.59. The number of sulfonamides is 1. The van der Waals surface area contributed by atoms with E-state index in [2.05, 4.69) is 10.3 Å². The average molecular weight is 386 g/mol. The minimum absolute atomic E-state index is 0.0784. The Morgan fingerprint density at radius 2 is 1.81 bits per heavy atom. The second-order valence-corrected chi connectivity index (χ2v) is 8.57. The second kappa shape index (κ2) is 7.21. The quantitative estimate of drug-likeness (QED) is 0.676. The zero-order valence-corrected chi connectivity index (χ0v) is 15.4. The zero-order valence-electron chi connectivity index (χ0n) is 14.6. The summed E-state index contributed by atoms with van der Waals surface area (Å²) in [6.45, 7) is 0.705. The normalized spacial score (nSPS) is 18.0. The standard InChI is InChI=1S/C19H19FN4O2S/c20-18-9-5-4-8-16(18)14-27(25,26)23-11-10-17(12-23)24-13-19(21-22-24)15-6-2-1-3-7-15/h1-9,13,17H,10-12,14H2/t17-/m0/s1. The molecule has 140 valence electrons. The van der Waals surface area contributed by atoms with E-state index in [-0.39, 0.29) is 17.4 Å². The first-order valence-electron chi connectivity index (χ1n) is 8.71. The topological polar surface area (TPSA) is 68.1 Å². The summed E-state index contributed by atoms with van der Waals surface area (Å²) in [5.41, 5.74) is 1.90. The molecule has 0 amide bonds. The fourth-order valence-corrected chi connectivity index (χ4v) is 4.87. The van der Waals surface area contributed by atoms with E-state index < -0.39 is 15.8 Å². The van der Waals surface area contributed by atoms with Crippen molar-refractivity contribution in [3.05, 3.63) is 72.2 Å².